The van der Waals surface area contributed by atoms with Crippen molar-refractivity contribution in [3.63, 3.8) is 0 Å². The molecule has 38 heavy (non-hydrogen) atoms. The van der Waals surface area contributed by atoms with E-state index in [2.05, 4.69) is 4.98 Å². The zero-order chi connectivity index (χ0) is 28.7. The van der Waals surface area contributed by atoms with Crippen LogP contribution in [0.25, 0.3) is 0 Å². The quantitative estimate of drug-likeness (QED) is 0.159. The van der Waals surface area contributed by atoms with E-state index in [0.717, 1.165) is 23.5 Å². The monoisotopic (exact) mass is 614 g/mol. The first-order valence-corrected chi connectivity index (χ1v) is 15.8. The van der Waals surface area contributed by atoms with Gasteiger partial charge in [0.2, 0.25) is 0 Å². The Bertz CT molecular complexity index is 1090. The molecule has 0 bridgehead atoms. The van der Waals surface area contributed by atoms with Crippen LogP contribution in [0.2, 0.25) is 0 Å². The van der Waals surface area contributed by atoms with Crippen LogP contribution < -0.4 is 5.56 Å². The van der Waals surface area contributed by atoms with Crippen molar-refractivity contribution >= 4 is 53.8 Å². The van der Waals surface area contributed by atoms with Crippen LogP contribution in [-0.4, -0.2) is 79.1 Å². The fraction of sp³-hybridized carbons (Fsp3) is 0.727. The van der Waals surface area contributed by atoms with E-state index in [4.69, 9.17) is 30.5 Å². The maximum absolute atomic E-state index is 13.3. The number of H-pyrrole nitrogens is 1. The smallest absolute Gasteiger partial charge is 0.387 e. The number of nitrogens with zero attached hydrogens (tertiary/aromatic N) is 1. The molecule has 1 unspecified atom stereocenters. The minimum absolute atomic E-state index is 0.0317. The van der Waals surface area contributed by atoms with E-state index in [1.807, 2.05) is 0 Å². The second-order valence-corrected chi connectivity index (χ2v) is 13.5. The number of ether oxygens (including phenoxy) is 1. The number of carbonyl (C=O) groups is 2. The SMILES string of the molecule is CC(C)C(=O)SCCOP(=O)(OCCSC(=O)C(C)C)OC[C@H]1O[C@@H](n2ccc(=O)[nH]c2=S)[C@](C)(O)C1O. The van der Waals surface area contributed by atoms with Gasteiger partial charge in [0, 0.05) is 35.6 Å². The van der Waals surface area contributed by atoms with Gasteiger partial charge < -0.3 is 14.9 Å². The van der Waals surface area contributed by atoms with Crippen LogP contribution in [0.15, 0.2) is 17.1 Å². The van der Waals surface area contributed by atoms with Gasteiger partial charge in [-0.15, -0.1) is 0 Å². The zero-order valence-electron chi connectivity index (χ0n) is 21.9. The molecule has 2 rings (SSSR count). The summed E-state index contributed by atoms with van der Waals surface area (Å²) >= 11 is 7.18. The summed E-state index contributed by atoms with van der Waals surface area (Å²) in [5, 5.41) is 21.5. The molecule has 1 aromatic heterocycles. The van der Waals surface area contributed by atoms with Crippen LogP contribution in [0.3, 0.4) is 0 Å². The molecule has 0 aliphatic carbocycles. The standard InChI is InChI=1S/C22H35N2O10PS3/c1-13(2)18(27)37-10-8-31-35(30,32-9-11-38-19(28)14(3)4)33-12-15-17(26)22(5,29)20(34-15)24-7-6-16(25)23-21(24)36/h6-7,13-15,17,20,26,29H,8-12H2,1-5H3,(H,23,25,36)/t15-,17?,20-,22-/m1/s1. The molecule has 1 fully saturated rings. The summed E-state index contributed by atoms with van der Waals surface area (Å²) in [5.74, 6) is 0.0657. The first-order valence-electron chi connectivity index (χ1n) is 11.9. The number of nitrogens with one attached hydrogen (secondary N) is 1. The number of rotatable bonds is 14. The second-order valence-electron chi connectivity index (χ2n) is 9.27. The Morgan fingerprint density at radius 2 is 1.68 bits per heavy atom. The molecule has 3 N–H and O–H groups in total. The van der Waals surface area contributed by atoms with Crippen LogP contribution in [0, 0.1) is 16.6 Å². The number of phosphoric ester groups is 1. The number of aromatic nitrogens is 2. The molecule has 2 heterocycles. The largest absolute Gasteiger partial charge is 0.474 e. The molecule has 0 radical (unpaired) electrons. The summed E-state index contributed by atoms with van der Waals surface area (Å²) < 4.78 is 36.6. The van der Waals surface area contributed by atoms with Gasteiger partial charge in [0.05, 0.1) is 19.8 Å². The van der Waals surface area contributed by atoms with Crippen molar-refractivity contribution in [2.24, 2.45) is 11.8 Å². The van der Waals surface area contributed by atoms with Crippen molar-refractivity contribution in [2.75, 3.05) is 31.3 Å². The Morgan fingerprint density at radius 1 is 1.16 bits per heavy atom. The van der Waals surface area contributed by atoms with Crippen molar-refractivity contribution in [3.8, 4) is 0 Å². The first-order chi connectivity index (χ1) is 17.7. The fourth-order valence-corrected chi connectivity index (χ4v) is 6.27. The summed E-state index contributed by atoms with van der Waals surface area (Å²) in [4.78, 5) is 37.6. The molecule has 0 spiro atoms. The molecular weight excluding hydrogens is 579 g/mol. The average molecular weight is 615 g/mol. The third kappa shape index (κ3) is 9.36. The molecule has 1 aliphatic rings. The number of aromatic amines is 1. The van der Waals surface area contributed by atoms with Crippen molar-refractivity contribution in [1.82, 2.24) is 9.55 Å². The number of carbonyl (C=O) groups excluding carboxylic acids is 2. The van der Waals surface area contributed by atoms with Crippen LogP contribution in [0.4, 0.5) is 0 Å². The third-order valence-electron chi connectivity index (χ3n) is 5.35. The van der Waals surface area contributed by atoms with Gasteiger partial charge in [-0.2, -0.15) is 0 Å². The van der Waals surface area contributed by atoms with Crippen LogP contribution >= 0.6 is 43.6 Å². The predicted molar refractivity (Wildman–Crippen MR) is 146 cm³/mol. The highest BCUT2D eigenvalue weighted by molar-refractivity contribution is 8.13. The number of aliphatic hydroxyl groups is 2. The Balaban J connectivity index is 2.07. The Morgan fingerprint density at radius 3 is 2.16 bits per heavy atom. The van der Waals surface area contributed by atoms with Gasteiger partial charge in [-0.25, -0.2) is 4.57 Å². The molecule has 1 aliphatic heterocycles. The minimum atomic E-state index is -4.21. The molecule has 0 amide bonds. The second kappa shape index (κ2) is 14.7. The maximum atomic E-state index is 13.3. The van der Waals surface area contributed by atoms with Gasteiger partial charge in [-0.3, -0.25) is 37.5 Å². The number of thioether (sulfide) groups is 2. The van der Waals surface area contributed by atoms with Crippen molar-refractivity contribution in [1.29, 1.82) is 0 Å². The lowest BCUT2D eigenvalue weighted by molar-refractivity contribution is -0.114. The van der Waals surface area contributed by atoms with E-state index in [-0.39, 0.29) is 51.6 Å². The summed E-state index contributed by atoms with van der Waals surface area (Å²) in [6, 6.07) is 1.19. The van der Waals surface area contributed by atoms with Gasteiger partial charge in [-0.05, 0) is 19.1 Å². The molecule has 1 aromatic rings. The fourth-order valence-electron chi connectivity index (χ4n) is 3.18. The number of hydrogen-bond donors (Lipinski definition) is 3. The molecule has 12 nitrogen and oxygen atoms in total. The van der Waals surface area contributed by atoms with Gasteiger partial charge in [0.15, 0.2) is 21.2 Å². The van der Waals surface area contributed by atoms with Crippen LogP contribution in [-0.2, 0) is 32.5 Å². The molecule has 0 saturated carbocycles. The Labute approximate surface area is 234 Å². The lowest BCUT2D eigenvalue weighted by Crippen LogP contribution is -2.44. The highest BCUT2D eigenvalue weighted by Crippen LogP contribution is 2.51. The third-order valence-corrected chi connectivity index (χ3v) is 9.38. The molecule has 4 atom stereocenters. The summed E-state index contributed by atoms with van der Waals surface area (Å²) in [6.45, 7) is 7.64. The van der Waals surface area contributed by atoms with E-state index in [1.165, 1.54) is 23.8 Å². The van der Waals surface area contributed by atoms with Gasteiger partial charge >= 0.3 is 7.82 Å². The van der Waals surface area contributed by atoms with Crippen molar-refractivity contribution in [2.45, 2.75) is 58.7 Å². The maximum Gasteiger partial charge on any atom is 0.474 e. The van der Waals surface area contributed by atoms with E-state index >= 15 is 0 Å². The van der Waals surface area contributed by atoms with E-state index in [1.54, 1.807) is 27.7 Å². The first kappa shape index (κ1) is 33.3. The normalized spacial score (nSPS) is 23.9. The number of aliphatic hydroxyl groups excluding tert-OH is 1. The predicted octanol–water partition coefficient (Wildman–Crippen LogP) is 2.90. The minimum Gasteiger partial charge on any atom is -0.387 e. The summed E-state index contributed by atoms with van der Waals surface area (Å²) in [7, 11) is -4.21. The number of hydrogen-bond acceptors (Lipinski definition) is 13. The highest BCUT2D eigenvalue weighted by atomic mass is 32.2. The van der Waals surface area contributed by atoms with E-state index in [9.17, 15) is 29.2 Å². The van der Waals surface area contributed by atoms with E-state index in [0.29, 0.717) is 0 Å². The van der Waals surface area contributed by atoms with Crippen LogP contribution in [0.1, 0.15) is 40.8 Å². The van der Waals surface area contributed by atoms with Crippen LogP contribution in [0.5, 0.6) is 0 Å². The van der Waals surface area contributed by atoms with E-state index < -0.39 is 44.0 Å². The Hall–Kier alpha value is -0.870. The lowest BCUT2D eigenvalue weighted by atomic mass is 9.96. The average Bonchev–Trinajstić information content (AvgIpc) is 3.06. The Kier molecular flexibility index (Phi) is 12.9. The van der Waals surface area contributed by atoms with Crippen molar-refractivity contribution < 1.29 is 42.7 Å². The summed E-state index contributed by atoms with van der Waals surface area (Å²) in [6.07, 6.45) is -2.53. The molecule has 1 saturated heterocycles. The molecule has 0 aromatic carbocycles. The zero-order valence-corrected chi connectivity index (χ0v) is 25.2. The van der Waals surface area contributed by atoms with Gasteiger partial charge in [0.1, 0.15) is 17.8 Å². The summed E-state index contributed by atoms with van der Waals surface area (Å²) in [5.41, 5.74) is -2.29. The molecule has 16 heteroatoms. The van der Waals surface area contributed by atoms with Gasteiger partial charge in [0.25, 0.3) is 5.56 Å². The number of phosphoric acid groups is 1. The highest BCUT2D eigenvalue weighted by Gasteiger charge is 2.53. The lowest BCUT2D eigenvalue weighted by Gasteiger charge is -2.28. The molecule has 216 valence electrons. The molecular formula is C22H35N2O10PS3. The van der Waals surface area contributed by atoms with Gasteiger partial charge in [-0.1, -0.05) is 51.2 Å². The topological polar surface area (TPSA) is 166 Å². The van der Waals surface area contributed by atoms with Crippen molar-refractivity contribution in [3.05, 3.63) is 27.4 Å².